The van der Waals surface area contributed by atoms with E-state index in [2.05, 4.69) is 30.2 Å². The summed E-state index contributed by atoms with van der Waals surface area (Å²) in [5.74, 6) is 1.58. The van der Waals surface area contributed by atoms with Crippen LogP contribution in [0.1, 0.15) is 18.9 Å². The van der Waals surface area contributed by atoms with E-state index < -0.39 is 0 Å². The summed E-state index contributed by atoms with van der Waals surface area (Å²) >= 11 is 0. The summed E-state index contributed by atoms with van der Waals surface area (Å²) in [5, 5.41) is 3.33. The molecule has 3 nitrogen and oxygen atoms in total. The smallest absolute Gasteiger partial charge is 0.128 e. The predicted octanol–water partition coefficient (Wildman–Crippen LogP) is 1.79. The molecule has 0 aliphatic carbocycles. The number of hydrogen-bond acceptors (Lipinski definition) is 3. The average Bonchev–Trinajstić information content (AvgIpc) is 2.17. The molecule has 1 rings (SSSR count). The number of anilines is 1. The monoisotopic (exact) mass is 193 g/mol. The Morgan fingerprint density at radius 1 is 1.57 bits per heavy atom. The minimum Gasteiger partial charge on any atom is -0.370 e. The molecule has 3 heteroatoms. The largest absolute Gasteiger partial charge is 0.370 e. The fraction of sp³-hybridized carbons (Fsp3) is 0.545. The summed E-state index contributed by atoms with van der Waals surface area (Å²) in [7, 11) is 0. The van der Waals surface area contributed by atoms with Crippen molar-refractivity contribution < 1.29 is 0 Å². The molecule has 0 spiro atoms. The van der Waals surface area contributed by atoms with Crippen LogP contribution in [0.4, 0.5) is 5.82 Å². The first kappa shape index (κ1) is 11.0. The average molecular weight is 193 g/mol. The number of nitrogens with zero attached hydrogens (tertiary/aromatic N) is 1. The molecule has 0 aliphatic heterocycles. The van der Waals surface area contributed by atoms with E-state index in [0.29, 0.717) is 5.92 Å². The van der Waals surface area contributed by atoms with Gasteiger partial charge in [0.2, 0.25) is 0 Å². The lowest BCUT2D eigenvalue weighted by atomic mass is 10.1. The van der Waals surface area contributed by atoms with Crippen LogP contribution in [-0.2, 0) is 0 Å². The van der Waals surface area contributed by atoms with Crippen molar-refractivity contribution in [1.29, 1.82) is 0 Å². The zero-order chi connectivity index (χ0) is 10.4. The van der Waals surface area contributed by atoms with Gasteiger partial charge in [0, 0.05) is 12.7 Å². The van der Waals surface area contributed by atoms with Crippen molar-refractivity contribution in [2.75, 3.05) is 18.4 Å². The minimum atomic E-state index is 0.599. The van der Waals surface area contributed by atoms with Gasteiger partial charge in [0.25, 0.3) is 0 Å². The summed E-state index contributed by atoms with van der Waals surface area (Å²) in [6, 6.07) is 4.01. The molecule has 1 atom stereocenters. The van der Waals surface area contributed by atoms with Crippen molar-refractivity contribution in [3.8, 4) is 0 Å². The normalized spacial score (nSPS) is 12.5. The molecule has 3 N–H and O–H groups in total. The highest BCUT2D eigenvalue weighted by atomic mass is 15.0. The highest BCUT2D eigenvalue weighted by Crippen LogP contribution is 2.10. The first-order valence-electron chi connectivity index (χ1n) is 5.09. The molecule has 0 saturated carbocycles. The topological polar surface area (TPSA) is 50.9 Å². The van der Waals surface area contributed by atoms with E-state index in [-0.39, 0.29) is 0 Å². The molecule has 0 bridgehead atoms. The van der Waals surface area contributed by atoms with Gasteiger partial charge >= 0.3 is 0 Å². The van der Waals surface area contributed by atoms with Crippen LogP contribution in [0.3, 0.4) is 0 Å². The zero-order valence-corrected chi connectivity index (χ0v) is 8.96. The lowest BCUT2D eigenvalue weighted by Gasteiger charge is -2.12. The summed E-state index contributed by atoms with van der Waals surface area (Å²) in [6.45, 7) is 5.94. The number of pyridine rings is 1. The SMILES string of the molecule is Cc1cccnc1NCC(C)CCN. The lowest BCUT2D eigenvalue weighted by molar-refractivity contribution is 0.567. The third-order valence-corrected chi connectivity index (χ3v) is 2.29. The van der Waals surface area contributed by atoms with Crippen molar-refractivity contribution in [3.63, 3.8) is 0 Å². The van der Waals surface area contributed by atoms with Crippen LogP contribution in [0.15, 0.2) is 18.3 Å². The van der Waals surface area contributed by atoms with Crippen LogP contribution in [0.2, 0.25) is 0 Å². The van der Waals surface area contributed by atoms with Crippen LogP contribution in [-0.4, -0.2) is 18.1 Å². The summed E-state index contributed by atoms with van der Waals surface area (Å²) in [6.07, 6.45) is 2.86. The molecular formula is C11H19N3. The number of aryl methyl sites for hydroxylation is 1. The molecular weight excluding hydrogens is 174 g/mol. The summed E-state index contributed by atoms with van der Waals surface area (Å²) in [5.41, 5.74) is 6.67. The van der Waals surface area contributed by atoms with Gasteiger partial charge in [0.15, 0.2) is 0 Å². The molecule has 0 aromatic carbocycles. The molecule has 78 valence electrons. The molecule has 0 aliphatic rings. The molecule has 1 unspecified atom stereocenters. The molecule has 0 fully saturated rings. The van der Waals surface area contributed by atoms with Gasteiger partial charge in [0.05, 0.1) is 0 Å². The zero-order valence-electron chi connectivity index (χ0n) is 8.96. The van der Waals surface area contributed by atoms with Gasteiger partial charge in [-0.3, -0.25) is 0 Å². The second-order valence-electron chi connectivity index (χ2n) is 3.73. The minimum absolute atomic E-state index is 0.599. The number of nitrogens with two attached hydrogens (primary N) is 1. The highest BCUT2D eigenvalue weighted by Gasteiger charge is 2.02. The Morgan fingerprint density at radius 2 is 2.36 bits per heavy atom. The van der Waals surface area contributed by atoms with Crippen molar-refractivity contribution in [2.24, 2.45) is 11.7 Å². The Morgan fingerprint density at radius 3 is 3.00 bits per heavy atom. The third kappa shape index (κ3) is 3.34. The number of nitrogens with one attached hydrogen (secondary N) is 1. The highest BCUT2D eigenvalue weighted by molar-refractivity contribution is 5.42. The van der Waals surface area contributed by atoms with Gasteiger partial charge in [-0.2, -0.15) is 0 Å². The van der Waals surface area contributed by atoms with E-state index >= 15 is 0 Å². The second-order valence-corrected chi connectivity index (χ2v) is 3.73. The van der Waals surface area contributed by atoms with E-state index in [1.165, 1.54) is 5.56 Å². The van der Waals surface area contributed by atoms with Crippen LogP contribution in [0.5, 0.6) is 0 Å². The van der Waals surface area contributed by atoms with Gasteiger partial charge in [-0.05, 0) is 37.4 Å². The lowest BCUT2D eigenvalue weighted by Crippen LogP contribution is -2.16. The fourth-order valence-electron chi connectivity index (χ4n) is 1.33. The number of aromatic nitrogens is 1. The van der Waals surface area contributed by atoms with E-state index in [4.69, 9.17) is 5.73 Å². The van der Waals surface area contributed by atoms with Crippen LogP contribution < -0.4 is 11.1 Å². The molecule has 0 radical (unpaired) electrons. The third-order valence-electron chi connectivity index (χ3n) is 2.29. The summed E-state index contributed by atoms with van der Waals surface area (Å²) < 4.78 is 0. The second kappa shape index (κ2) is 5.60. The molecule has 1 aromatic rings. The van der Waals surface area contributed by atoms with E-state index in [0.717, 1.165) is 25.3 Å². The van der Waals surface area contributed by atoms with E-state index in [9.17, 15) is 0 Å². The van der Waals surface area contributed by atoms with Crippen LogP contribution >= 0.6 is 0 Å². The van der Waals surface area contributed by atoms with Crippen molar-refractivity contribution in [3.05, 3.63) is 23.9 Å². The van der Waals surface area contributed by atoms with Crippen molar-refractivity contribution in [2.45, 2.75) is 20.3 Å². The fourth-order valence-corrected chi connectivity index (χ4v) is 1.33. The van der Waals surface area contributed by atoms with Crippen LogP contribution in [0, 0.1) is 12.8 Å². The molecule has 0 saturated heterocycles. The standard InChI is InChI=1S/C11H19N3/c1-9(5-6-12)8-14-11-10(2)4-3-7-13-11/h3-4,7,9H,5-6,8,12H2,1-2H3,(H,13,14). The first-order chi connectivity index (χ1) is 6.74. The Bertz CT molecular complexity index is 273. The Balaban J connectivity index is 2.41. The Kier molecular flexibility index (Phi) is 4.40. The van der Waals surface area contributed by atoms with Gasteiger partial charge in [-0.25, -0.2) is 4.98 Å². The maximum Gasteiger partial charge on any atom is 0.128 e. The predicted molar refractivity (Wildman–Crippen MR) is 60.3 cm³/mol. The number of rotatable bonds is 5. The first-order valence-corrected chi connectivity index (χ1v) is 5.09. The van der Waals surface area contributed by atoms with Gasteiger partial charge in [-0.15, -0.1) is 0 Å². The molecule has 0 amide bonds. The molecule has 1 aromatic heterocycles. The van der Waals surface area contributed by atoms with Crippen molar-refractivity contribution in [1.82, 2.24) is 4.98 Å². The maximum atomic E-state index is 5.48. The van der Waals surface area contributed by atoms with Crippen molar-refractivity contribution >= 4 is 5.82 Å². The van der Waals surface area contributed by atoms with Gasteiger partial charge < -0.3 is 11.1 Å². The van der Waals surface area contributed by atoms with Gasteiger partial charge in [-0.1, -0.05) is 13.0 Å². The molecule has 1 heterocycles. The van der Waals surface area contributed by atoms with E-state index in [1.54, 1.807) is 0 Å². The van der Waals surface area contributed by atoms with E-state index in [1.807, 2.05) is 12.3 Å². The van der Waals surface area contributed by atoms with Gasteiger partial charge in [0.1, 0.15) is 5.82 Å². The molecule has 14 heavy (non-hydrogen) atoms. The maximum absolute atomic E-state index is 5.48. The Labute approximate surface area is 85.7 Å². The quantitative estimate of drug-likeness (QED) is 0.749. The van der Waals surface area contributed by atoms with Crippen LogP contribution in [0.25, 0.3) is 0 Å². The Hall–Kier alpha value is -1.09. The summed E-state index contributed by atoms with van der Waals surface area (Å²) in [4.78, 5) is 4.27. The number of hydrogen-bond donors (Lipinski definition) is 2.